The molecular weight excluding hydrogens is 318 g/mol. The van der Waals surface area contributed by atoms with Gasteiger partial charge >= 0.3 is 0 Å². The largest absolute Gasteiger partial charge is 0.374 e. The Morgan fingerprint density at radius 2 is 2.00 bits per heavy atom. The lowest BCUT2D eigenvalue weighted by atomic mass is 9.90. The van der Waals surface area contributed by atoms with Crippen LogP contribution in [-0.4, -0.2) is 74.9 Å². The second kappa shape index (κ2) is 7.83. The number of hydrogen-bond acceptors (Lipinski definition) is 5. The van der Waals surface area contributed by atoms with Gasteiger partial charge in [0.2, 0.25) is 5.91 Å². The van der Waals surface area contributed by atoms with Gasteiger partial charge in [0.1, 0.15) is 12.7 Å². The third-order valence-corrected chi connectivity index (χ3v) is 6.00. The number of fused-ring (bicyclic) bond motifs is 1. The maximum Gasteiger partial charge on any atom is 0.237 e. The van der Waals surface area contributed by atoms with Crippen molar-refractivity contribution in [2.75, 3.05) is 26.2 Å². The lowest BCUT2D eigenvalue weighted by Gasteiger charge is -2.45. The van der Waals surface area contributed by atoms with E-state index < -0.39 is 0 Å². The Morgan fingerprint density at radius 1 is 1.12 bits per heavy atom. The molecule has 0 spiro atoms. The minimum absolute atomic E-state index is 0.263. The van der Waals surface area contributed by atoms with E-state index in [0.29, 0.717) is 25.2 Å². The monoisotopic (exact) mass is 347 g/mol. The molecule has 138 valence electrons. The van der Waals surface area contributed by atoms with E-state index >= 15 is 0 Å². The highest BCUT2D eigenvalue weighted by atomic mass is 16.5. The zero-order valence-electron chi connectivity index (χ0n) is 14.9. The van der Waals surface area contributed by atoms with Crippen molar-refractivity contribution in [3.05, 3.63) is 12.7 Å². The molecule has 0 radical (unpaired) electrons. The van der Waals surface area contributed by atoms with Gasteiger partial charge in [-0.3, -0.25) is 14.4 Å². The molecule has 0 N–H and O–H groups in total. The second-order valence-corrected chi connectivity index (χ2v) is 7.59. The van der Waals surface area contributed by atoms with Crippen molar-refractivity contribution in [3.63, 3.8) is 0 Å². The Morgan fingerprint density at radius 3 is 2.88 bits per heavy atom. The van der Waals surface area contributed by atoms with Crippen LogP contribution in [0.15, 0.2) is 12.7 Å². The minimum Gasteiger partial charge on any atom is -0.374 e. The van der Waals surface area contributed by atoms with Gasteiger partial charge in [-0.1, -0.05) is 19.3 Å². The van der Waals surface area contributed by atoms with Crippen LogP contribution in [0.4, 0.5) is 0 Å². The highest BCUT2D eigenvalue weighted by Gasteiger charge is 2.37. The predicted molar refractivity (Wildman–Crippen MR) is 92.9 cm³/mol. The number of piperidine rings is 1. The first kappa shape index (κ1) is 17.0. The molecule has 7 nitrogen and oxygen atoms in total. The maximum atomic E-state index is 13.1. The van der Waals surface area contributed by atoms with Crippen LogP contribution in [0.25, 0.3) is 0 Å². The Balaban J connectivity index is 1.39. The van der Waals surface area contributed by atoms with Gasteiger partial charge in [0.15, 0.2) is 0 Å². The lowest BCUT2D eigenvalue weighted by molar-refractivity contribution is -0.151. The summed E-state index contributed by atoms with van der Waals surface area (Å²) in [4.78, 5) is 21.6. The second-order valence-electron chi connectivity index (χ2n) is 7.59. The van der Waals surface area contributed by atoms with Crippen molar-refractivity contribution in [1.29, 1.82) is 0 Å². The molecule has 3 fully saturated rings. The van der Waals surface area contributed by atoms with Gasteiger partial charge in [-0.15, -0.1) is 0 Å². The molecule has 7 heteroatoms. The van der Waals surface area contributed by atoms with E-state index in [1.54, 1.807) is 12.7 Å². The summed E-state index contributed by atoms with van der Waals surface area (Å²) in [5.74, 6) is 0.283. The van der Waals surface area contributed by atoms with E-state index in [-0.39, 0.29) is 12.0 Å². The number of carbonyl (C=O) groups excluding carboxylic acids is 1. The summed E-state index contributed by atoms with van der Waals surface area (Å²) in [5.41, 5.74) is 0. The third-order valence-electron chi connectivity index (χ3n) is 6.00. The molecule has 1 aromatic heterocycles. The molecule has 0 bridgehead atoms. The number of amides is 1. The number of ether oxygens (including phenoxy) is 1. The summed E-state index contributed by atoms with van der Waals surface area (Å²) < 4.78 is 7.81. The lowest BCUT2D eigenvalue weighted by Crippen LogP contribution is -2.57. The van der Waals surface area contributed by atoms with Crippen LogP contribution in [0.1, 0.15) is 44.9 Å². The summed E-state index contributed by atoms with van der Waals surface area (Å²) in [6.45, 7) is 3.80. The zero-order chi connectivity index (χ0) is 17.1. The first-order valence-corrected chi connectivity index (χ1v) is 9.79. The van der Waals surface area contributed by atoms with E-state index in [9.17, 15) is 4.79 Å². The van der Waals surface area contributed by atoms with Gasteiger partial charge < -0.3 is 9.64 Å². The Labute approximate surface area is 149 Å². The van der Waals surface area contributed by atoms with Gasteiger partial charge in [-0.25, -0.2) is 4.98 Å². The van der Waals surface area contributed by atoms with Gasteiger partial charge in [-0.05, 0) is 32.2 Å². The van der Waals surface area contributed by atoms with E-state index in [4.69, 9.17) is 4.74 Å². The first-order valence-electron chi connectivity index (χ1n) is 9.79. The Hall–Kier alpha value is -1.47. The molecule has 2 saturated heterocycles. The summed E-state index contributed by atoms with van der Waals surface area (Å²) >= 11 is 0. The summed E-state index contributed by atoms with van der Waals surface area (Å²) in [6, 6.07) is 0.677. The van der Waals surface area contributed by atoms with E-state index in [2.05, 4.69) is 19.9 Å². The van der Waals surface area contributed by atoms with Crippen LogP contribution < -0.4 is 0 Å². The fraction of sp³-hybridized carbons (Fsp3) is 0.833. The van der Waals surface area contributed by atoms with Crippen molar-refractivity contribution in [2.24, 2.45) is 0 Å². The SMILES string of the molecule is O=C(CN1CCCC[C@@H]1Cn1cncn1)N1CCO[C@@H]2CCCC[C@H]21. The number of rotatable bonds is 4. The molecule has 3 aliphatic rings. The molecule has 1 aromatic rings. The topological polar surface area (TPSA) is 63.5 Å². The van der Waals surface area contributed by atoms with Crippen LogP contribution >= 0.6 is 0 Å². The molecule has 3 atom stereocenters. The fourth-order valence-electron chi connectivity index (χ4n) is 4.69. The van der Waals surface area contributed by atoms with Crippen molar-refractivity contribution in [1.82, 2.24) is 24.6 Å². The fourth-order valence-corrected chi connectivity index (χ4v) is 4.69. The first-order chi connectivity index (χ1) is 12.3. The average Bonchev–Trinajstić information content (AvgIpc) is 3.16. The maximum absolute atomic E-state index is 13.1. The zero-order valence-corrected chi connectivity index (χ0v) is 14.9. The number of morpholine rings is 1. The summed E-state index contributed by atoms with van der Waals surface area (Å²) in [5, 5.41) is 4.23. The van der Waals surface area contributed by atoms with Crippen LogP contribution in [0.3, 0.4) is 0 Å². The predicted octanol–water partition coefficient (Wildman–Crippen LogP) is 1.30. The van der Waals surface area contributed by atoms with E-state index in [1.807, 2.05) is 4.68 Å². The third kappa shape index (κ3) is 3.87. The van der Waals surface area contributed by atoms with Crippen LogP contribution in [0, 0.1) is 0 Å². The standard InChI is InChI=1S/C18H29N5O2/c24-18(23-9-10-25-17-7-2-1-6-16(17)23)12-21-8-4-3-5-15(21)11-22-14-19-13-20-22/h13-17H,1-12H2/t15-,16-,17-/m1/s1. The van der Waals surface area contributed by atoms with E-state index in [0.717, 1.165) is 38.9 Å². The Bertz CT molecular complexity index is 562. The number of hydrogen-bond donors (Lipinski definition) is 0. The molecule has 3 heterocycles. The minimum atomic E-state index is 0.263. The molecule has 4 rings (SSSR count). The molecule has 0 unspecified atom stereocenters. The summed E-state index contributed by atoms with van der Waals surface area (Å²) in [6.07, 6.45) is 11.8. The molecule has 1 aliphatic carbocycles. The smallest absolute Gasteiger partial charge is 0.237 e. The molecular formula is C18H29N5O2. The summed E-state index contributed by atoms with van der Waals surface area (Å²) in [7, 11) is 0. The van der Waals surface area contributed by atoms with Crippen molar-refractivity contribution < 1.29 is 9.53 Å². The molecule has 1 saturated carbocycles. The van der Waals surface area contributed by atoms with Crippen LogP contribution in [0.5, 0.6) is 0 Å². The van der Waals surface area contributed by atoms with Gasteiger partial charge in [0.05, 0.1) is 31.8 Å². The van der Waals surface area contributed by atoms with Crippen LogP contribution in [0.2, 0.25) is 0 Å². The van der Waals surface area contributed by atoms with Gasteiger partial charge in [-0.2, -0.15) is 5.10 Å². The number of nitrogens with zero attached hydrogens (tertiary/aromatic N) is 5. The molecule has 0 aromatic carbocycles. The van der Waals surface area contributed by atoms with Crippen LogP contribution in [-0.2, 0) is 16.1 Å². The number of aromatic nitrogens is 3. The van der Waals surface area contributed by atoms with Gasteiger partial charge in [0, 0.05) is 12.6 Å². The highest BCUT2D eigenvalue weighted by Crippen LogP contribution is 2.29. The molecule has 25 heavy (non-hydrogen) atoms. The molecule has 1 amide bonds. The number of carbonyl (C=O) groups is 1. The van der Waals surface area contributed by atoms with Crippen molar-refractivity contribution in [2.45, 2.75) is 69.7 Å². The van der Waals surface area contributed by atoms with Crippen molar-refractivity contribution >= 4 is 5.91 Å². The quantitative estimate of drug-likeness (QED) is 0.822. The highest BCUT2D eigenvalue weighted by molar-refractivity contribution is 5.79. The van der Waals surface area contributed by atoms with Gasteiger partial charge in [0.25, 0.3) is 0 Å². The normalized spacial score (nSPS) is 30.9. The number of likely N-dealkylation sites (tertiary alicyclic amines) is 1. The average molecular weight is 347 g/mol. The van der Waals surface area contributed by atoms with E-state index in [1.165, 1.54) is 25.7 Å². The Kier molecular flexibility index (Phi) is 5.31. The van der Waals surface area contributed by atoms with Crippen molar-refractivity contribution in [3.8, 4) is 0 Å². The molecule has 2 aliphatic heterocycles.